The number of hydrogen-bond donors (Lipinski definition) is 1. The molecule has 3 heteroatoms. The van der Waals surface area contributed by atoms with E-state index in [1.807, 2.05) is 19.1 Å². The number of hydrogen-bond acceptors (Lipinski definition) is 2. The molecule has 1 aromatic carbocycles. The molecule has 0 aliphatic rings. The Morgan fingerprint density at radius 2 is 2.12 bits per heavy atom. The van der Waals surface area contributed by atoms with Crippen molar-refractivity contribution < 1.29 is 9.53 Å². The lowest BCUT2D eigenvalue weighted by Crippen LogP contribution is -2.10. The van der Waals surface area contributed by atoms with Gasteiger partial charge < -0.3 is 10.1 Å². The minimum Gasteiger partial charge on any atom is -0.494 e. The largest absolute Gasteiger partial charge is 0.494 e. The third-order valence-electron chi connectivity index (χ3n) is 1.95. The Balaban J connectivity index is 2.49. The van der Waals surface area contributed by atoms with Gasteiger partial charge in [0, 0.05) is 18.5 Å². The standard InChI is InChI=1S/C13H15NO2/c1-3-5-6-13(15)14-11-7-9-12(10-8-11)16-4-2/h1,7-10H,4-6H2,2H3,(H,14,15). The Morgan fingerprint density at radius 1 is 1.44 bits per heavy atom. The van der Waals surface area contributed by atoms with E-state index >= 15 is 0 Å². The Labute approximate surface area is 95.8 Å². The van der Waals surface area contributed by atoms with E-state index in [0.29, 0.717) is 19.4 Å². The van der Waals surface area contributed by atoms with Crippen molar-refractivity contribution in [2.75, 3.05) is 11.9 Å². The third kappa shape index (κ3) is 4.05. The molecular weight excluding hydrogens is 202 g/mol. The molecule has 0 saturated carbocycles. The van der Waals surface area contributed by atoms with Crippen LogP contribution in [0, 0.1) is 12.3 Å². The molecule has 16 heavy (non-hydrogen) atoms. The molecule has 0 aromatic heterocycles. The molecule has 3 nitrogen and oxygen atoms in total. The van der Waals surface area contributed by atoms with Crippen molar-refractivity contribution in [2.45, 2.75) is 19.8 Å². The van der Waals surface area contributed by atoms with E-state index in [0.717, 1.165) is 11.4 Å². The summed E-state index contributed by atoms with van der Waals surface area (Å²) in [6, 6.07) is 7.25. The smallest absolute Gasteiger partial charge is 0.225 e. The molecule has 1 aromatic rings. The average molecular weight is 217 g/mol. The summed E-state index contributed by atoms with van der Waals surface area (Å²) >= 11 is 0. The van der Waals surface area contributed by atoms with Crippen LogP contribution in [0.1, 0.15) is 19.8 Å². The van der Waals surface area contributed by atoms with Crippen molar-refractivity contribution in [3.8, 4) is 18.1 Å². The number of benzene rings is 1. The number of rotatable bonds is 5. The lowest BCUT2D eigenvalue weighted by Gasteiger charge is -2.06. The van der Waals surface area contributed by atoms with Crippen LogP contribution in [0.4, 0.5) is 5.69 Å². The molecule has 1 N–H and O–H groups in total. The summed E-state index contributed by atoms with van der Waals surface area (Å²) in [5.74, 6) is 3.16. The van der Waals surface area contributed by atoms with Gasteiger partial charge >= 0.3 is 0 Å². The maximum atomic E-state index is 11.3. The number of nitrogens with one attached hydrogen (secondary N) is 1. The van der Waals surface area contributed by atoms with Gasteiger partial charge in [-0.05, 0) is 31.2 Å². The Hall–Kier alpha value is -1.95. The number of carbonyl (C=O) groups excluding carboxylic acids is 1. The summed E-state index contributed by atoms with van der Waals surface area (Å²) < 4.78 is 5.29. The first kappa shape index (κ1) is 12.1. The van der Waals surface area contributed by atoms with Gasteiger partial charge in [-0.2, -0.15) is 0 Å². The van der Waals surface area contributed by atoms with Crippen molar-refractivity contribution in [2.24, 2.45) is 0 Å². The van der Waals surface area contributed by atoms with Crippen LogP contribution >= 0.6 is 0 Å². The highest BCUT2D eigenvalue weighted by molar-refractivity contribution is 5.90. The van der Waals surface area contributed by atoms with Crippen LogP contribution in [0.5, 0.6) is 5.75 Å². The normalized spacial score (nSPS) is 9.25. The number of anilines is 1. The van der Waals surface area contributed by atoms with Gasteiger partial charge in [0.2, 0.25) is 5.91 Å². The lowest BCUT2D eigenvalue weighted by molar-refractivity contribution is -0.116. The third-order valence-corrected chi connectivity index (χ3v) is 1.95. The quantitative estimate of drug-likeness (QED) is 0.769. The number of carbonyl (C=O) groups is 1. The van der Waals surface area contributed by atoms with E-state index in [-0.39, 0.29) is 5.91 Å². The second kappa shape index (κ2) is 6.52. The van der Waals surface area contributed by atoms with E-state index in [1.54, 1.807) is 12.1 Å². The van der Waals surface area contributed by atoms with E-state index in [4.69, 9.17) is 11.2 Å². The molecule has 0 bridgehead atoms. The van der Waals surface area contributed by atoms with E-state index in [9.17, 15) is 4.79 Å². The van der Waals surface area contributed by atoms with Crippen LogP contribution in [0.3, 0.4) is 0 Å². The zero-order chi connectivity index (χ0) is 11.8. The Kier molecular flexibility index (Phi) is 4.94. The Bertz CT molecular complexity index is 376. The van der Waals surface area contributed by atoms with Gasteiger partial charge in [0.15, 0.2) is 0 Å². The fourth-order valence-electron chi connectivity index (χ4n) is 1.21. The van der Waals surface area contributed by atoms with Gasteiger partial charge in [0.25, 0.3) is 0 Å². The molecule has 1 rings (SSSR count). The topological polar surface area (TPSA) is 38.3 Å². The van der Waals surface area contributed by atoms with Crippen molar-refractivity contribution in [3.05, 3.63) is 24.3 Å². The first-order valence-electron chi connectivity index (χ1n) is 5.22. The molecule has 0 aliphatic heterocycles. The van der Waals surface area contributed by atoms with Crippen LogP contribution in [0.25, 0.3) is 0 Å². The molecule has 0 heterocycles. The summed E-state index contributed by atoms with van der Waals surface area (Å²) in [5.41, 5.74) is 0.755. The molecule has 84 valence electrons. The first-order valence-corrected chi connectivity index (χ1v) is 5.22. The van der Waals surface area contributed by atoms with Gasteiger partial charge in [-0.25, -0.2) is 0 Å². The fraction of sp³-hybridized carbons (Fsp3) is 0.308. The molecule has 1 amide bonds. The molecule has 0 unspecified atom stereocenters. The van der Waals surface area contributed by atoms with Crippen molar-refractivity contribution in [3.63, 3.8) is 0 Å². The minimum absolute atomic E-state index is 0.0675. The van der Waals surface area contributed by atoms with Gasteiger partial charge in [-0.3, -0.25) is 4.79 Å². The number of amides is 1. The highest BCUT2D eigenvalue weighted by atomic mass is 16.5. The van der Waals surface area contributed by atoms with Crippen LogP contribution in [0.2, 0.25) is 0 Å². The van der Waals surface area contributed by atoms with E-state index in [1.165, 1.54) is 0 Å². The summed E-state index contributed by atoms with van der Waals surface area (Å²) in [7, 11) is 0. The van der Waals surface area contributed by atoms with Gasteiger partial charge in [-0.1, -0.05) is 0 Å². The fourth-order valence-corrected chi connectivity index (χ4v) is 1.21. The van der Waals surface area contributed by atoms with Gasteiger partial charge in [0.1, 0.15) is 5.75 Å². The van der Waals surface area contributed by atoms with Crippen LogP contribution in [0.15, 0.2) is 24.3 Å². The highest BCUT2D eigenvalue weighted by Gasteiger charge is 2.01. The molecule has 0 fully saturated rings. The predicted octanol–water partition coefficient (Wildman–Crippen LogP) is 2.44. The van der Waals surface area contributed by atoms with Crippen LogP contribution in [-0.4, -0.2) is 12.5 Å². The van der Waals surface area contributed by atoms with E-state index in [2.05, 4.69) is 11.2 Å². The summed E-state index contributed by atoms with van der Waals surface area (Å²) in [6.07, 6.45) is 5.89. The summed E-state index contributed by atoms with van der Waals surface area (Å²) in [4.78, 5) is 11.3. The molecule has 0 aliphatic carbocycles. The van der Waals surface area contributed by atoms with Crippen LogP contribution < -0.4 is 10.1 Å². The maximum absolute atomic E-state index is 11.3. The molecule has 0 atom stereocenters. The lowest BCUT2D eigenvalue weighted by atomic mass is 10.2. The second-order valence-electron chi connectivity index (χ2n) is 3.21. The van der Waals surface area contributed by atoms with Crippen molar-refractivity contribution in [1.29, 1.82) is 0 Å². The van der Waals surface area contributed by atoms with Gasteiger partial charge in [0.05, 0.1) is 6.61 Å². The highest BCUT2D eigenvalue weighted by Crippen LogP contribution is 2.15. The molecular formula is C13H15NO2. The molecule has 0 spiro atoms. The summed E-state index contributed by atoms with van der Waals surface area (Å²) in [6.45, 7) is 2.56. The zero-order valence-corrected chi connectivity index (χ0v) is 9.32. The SMILES string of the molecule is C#CCCC(=O)Nc1ccc(OCC)cc1. The molecule has 0 saturated heterocycles. The van der Waals surface area contributed by atoms with Crippen molar-refractivity contribution in [1.82, 2.24) is 0 Å². The first-order chi connectivity index (χ1) is 7.76. The van der Waals surface area contributed by atoms with Crippen LogP contribution in [-0.2, 0) is 4.79 Å². The number of ether oxygens (including phenoxy) is 1. The maximum Gasteiger partial charge on any atom is 0.225 e. The summed E-state index contributed by atoms with van der Waals surface area (Å²) in [5, 5.41) is 2.76. The van der Waals surface area contributed by atoms with Crippen molar-refractivity contribution >= 4 is 11.6 Å². The number of terminal acetylenes is 1. The zero-order valence-electron chi connectivity index (χ0n) is 9.32. The monoisotopic (exact) mass is 217 g/mol. The predicted molar refractivity (Wildman–Crippen MR) is 64.3 cm³/mol. The Morgan fingerprint density at radius 3 is 2.69 bits per heavy atom. The van der Waals surface area contributed by atoms with E-state index < -0.39 is 0 Å². The van der Waals surface area contributed by atoms with Gasteiger partial charge in [-0.15, -0.1) is 12.3 Å². The minimum atomic E-state index is -0.0675. The molecule has 0 radical (unpaired) electrons. The second-order valence-corrected chi connectivity index (χ2v) is 3.21. The average Bonchev–Trinajstić information content (AvgIpc) is 2.29.